The van der Waals surface area contributed by atoms with Crippen molar-refractivity contribution in [1.29, 1.82) is 21.0 Å². The van der Waals surface area contributed by atoms with Crippen molar-refractivity contribution in [3.63, 3.8) is 0 Å². The second-order valence-electron chi connectivity index (χ2n) is 7.61. The molecule has 0 radical (unpaired) electrons. The maximum Gasteiger partial charge on any atom is 0.128 e. The van der Waals surface area contributed by atoms with Crippen LogP contribution in [-0.4, -0.2) is 5.11 Å². The summed E-state index contributed by atoms with van der Waals surface area (Å²) in [5.41, 5.74) is 2.11. The highest BCUT2D eigenvalue weighted by molar-refractivity contribution is 5.51. The van der Waals surface area contributed by atoms with Gasteiger partial charge in [0.25, 0.3) is 0 Å². The number of nitriles is 4. The van der Waals surface area contributed by atoms with Crippen molar-refractivity contribution in [3.8, 4) is 47.3 Å². The molecule has 4 rings (SSSR count). The predicted molar refractivity (Wildman–Crippen MR) is 129 cm³/mol. The Morgan fingerprint density at radius 2 is 0.889 bits per heavy atom. The minimum atomic E-state index is -0.983. The number of ether oxygens (including phenoxy) is 2. The van der Waals surface area contributed by atoms with Gasteiger partial charge in [0.2, 0.25) is 0 Å². The molecule has 0 saturated carbocycles. The van der Waals surface area contributed by atoms with Gasteiger partial charge in [0.05, 0.1) is 22.3 Å². The van der Waals surface area contributed by atoms with Gasteiger partial charge in [0, 0.05) is 0 Å². The van der Waals surface area contributed by atoms with E-state index in [2.05, 4.69) is 0 Å². The number of aliphatic hydroxyl groups is 1. The molecule has 170 valence electrons. The fourth-order valence-electron chi connectivity index (χ4n) is 3.51. The maximum atomic E-state index is 11.0. The second kappa shape index (κ2) is 10.6. The molecule has 0 saturated heterocycles. The van der Waals surface area contributed by atoms with Crippen molar-refractivity contribution in [3.05, 3.63) is 118 Å². The van der Waals surface area contributed by atoms with Crippen LogP contribution in [0.3, 0.4) is 0 Å². The third-order valence-corrected chi connectivity index (χ3v) is 5.28. The van der Waals surface area contributed by atoms with E-state index in [0.29, 0.717) is 34.1 Å². The van der Waals surface area contributed by atoms with Gasteiger partial charge in [-0.05, 0) is 71.8 Å². The summed E-state index contributed by atoms with van der Waals surface area (Å²) in [7, 11) is 0. The number of hydrogen-bond donors (Lipinski definition) is 1. The first-order valence-corrected chi connectivity index (χ1v) is 10.7. The average Bonchev–Trinajstić information content (AvgIpc) is 2.92. The zero-order chi connectivity index (χ0) is 25.5. The van der Waals surface area contributed by atoms with Crippen LogP contribution in [0.1, 0.15) is 39.5 Å². The predicted octanol–water partition coefficient (Wildman–Crippen LogP) is 5.84. The van der Waals surface area contributed by atoms with E-state index in [-0.39, 0.29) is 22.3 Å². The maximum absolute atomic E-state index is 11.0. The van der Waals surface area contributed by atoms with Crippen LogP contribution < -0.4 is 9.47 Å². The van der Waals surface area contributed by atoms with Crippen molar-refractivity contribution in [1.82, 2.24) is 0 Å². The molecule has 0 aliphatic carbocycles. The van der Waals surface area contributed by atoms with E-state index in [1.807, 2.05) is 24.3 Å². The fourth-order valence-corrected chi connectivity index (χ4v) is 3.51. The highest BCUT2D eigenvalue weighted by Crippen LogP contribution is 2.31. The molecule has 0 spiro atoms. The minimum absolute atomic E-state index is 0.215. The largest absolute Gasteiger partial charge is 0.457 e. The molecule has 4 aromatic carbocycles. The van der Waals surface area contributed by atoms with Crippen molar-refractivity contribution >= 4 is 0 Å². The summed E-state index contributed by atoms with van der Waals surface area (Å²) in [6.07, 6.45) is -0.983. The molecule has 0 fully saturated rings. The summed E-state index contributed by atoms with van der Waals surface area (Å²) in [4.78, 5) is 0. The Kier molecular flexibility index (Phi) is 6.91. The van der Waals surface area contributed by atoms with Gasteiger partial charge in [0.1, 0.15) is 53.4 Å². The lowest BCUT2D eigenvalue weighted by molar-refractivity contribution is 0.219. The highest BCUT2D eigenvalue weighted by atomic mass is 16.5. The molecule has 0 heterocycles. The molecule has 4 aromatic rings. The summed E-state index contributed by atoms with van der Waals surface area (Å²) in [5.74, 6) is 1.70. The molecule has 1 N–H and O–H groups in total. The highest BCUT2D eigenvalue weighted by Gasteiger charge is 2.14. The summed E-state index contributed by atoms with van der Waals surface area (Å²) in [5, 5.41) is 47.6. The standard InChI is InChI=1S/C29H16N4O3/c30-15-21-7-9-27(13-23(21)17-32)35-25-5-1-3-19(11-25)29(34)20-4-2-6-26(12-20)36-28-10-8-22(16-31)24(14-28)18-33/h1-14,29,34H. The zero-order valence-corrected chi connectivity index (χ0v) is 18.7. The number of hydrogen-bond acceptors (Lipinski definition) is 7. The topological polar surface area (TPSA) is 134 Å². The van der Waals surface area contributed by atoms with Crippen LogP contribution in [0.4, 0.5) is 0 Å². The van der Waals surface area contributed by atoms with Crippen molar-refractivity contribution < 1.29 is 14.6 Å². The van der Waals surface area contributed by atoms with Crippen LogP contribution in [0.5, 0.6) is 23.0 Å². The van der Waals surface area contributed by atoms with Crippen molar-refractivity contribution in [2.75, 3.05) is 0 Å². The van der Waals surface area contributed by atoms with Gasteiger partial charge in [0.15, 0.2) is 0 Å². The van der Waals surface area contributed by atoms with E-state index in [1.54, 1.807) is 60.7 Å². The van der Waals surface area contributed by atoms with E-state index in [4.69, 9.17) is 20.0 Å². The molecule has 0 aliphatic rings. The molecule has 36 heavy (non-hydrogen) atoms. The second-order valence-corrected chi connectivity index (χ2v) is 7.61. The Morgan fingerprint density at radius 1 is 0.500 bits per heavy atom. The first-order chi connectivity index (χ1) is 17.5. The molecule has 0 aromatic heterocycles. The summed E-state index contributed by atoms with van der Waals surface area (Å²) in [6, 6.07) is 30.9. The van der Waals surface area contributed by atoms with Gasteiger partial charge in [-0.25, -0.2) is 0 Å². The van der Waals surface area contributed by atoms with Gasteiger partial charge in [-0.15, -0.1) is 0 Å². The lowest BCUT2D eigenvalue weighted by atomic mass is 10.0. The quantitative estimate of drug-likeness (QED) is 0.376. The Balaban J connectivity index is 1.54. The van der Waals surface area contributed by atoms with Gasteiger partial charge in [-0.3, -0.25) is 0 Å². The van der Waals surface area contributed by atoms with Gasteiger partial charge in [-0.2, -0.15) is 21.0 Å². The molecule has 0 amide bonds. The molecule has 0 atom stereocenters. The third kappa shape index (κ3) is 5.14. The van der Waals surface area contributed by atoms with Crippen LogP contribution >= 0.6 is 0 Å². The molecule has 7 nitrogen and oxygen atoms in total. The molecular weight excluding hydrogens is 452 g/mol. The number of nitrogens with zero attached hydrogens (tertiary/aromatic N) is 4. The van der Waals surface area contributed by atoms with E-state index in [9.17, 15) is 15.6 Å². The first kappa shape index (κ1) is 23.6. The van der Waals surface area contributed by atoms with Gasteiger partial charge < -0.3 is 14.6 Å². The van der Waals surface area contributed by atoms with Crippen LogP contribution in [0.2, 0.25) is 0 Å². The Bertz CT molecular complexity index is 1500. The number of rotatable bonds is 6. The zero-order valence-electron chi connectivity index (χ0n) is 18.7. The van der Waals surface area contributed by atoms with Gasteiger partial charge in [-0.1, -0.05) is 24.3 Å². The molecule has 0 unspecified atom stereocenters. The van der Waals surface area contributed by atoms with Crippen LogP contribution in [0, 0.1) is 45.3 Å². The Hall–Kier alpha value is -5.60. The summed E-state index contributed by atoms with van der Waals surface area (Å²) in [6.45, 7) is 0. The Labute approximate surface area is 207 Å². The van der Waals surface area contributed by atoms with E-state index in [0.717, 1.165) is 0 Å². The van der Waals surface area contributed by atoms with E-state index in [1.165, 1.54) is 24.3 Å². The van der Waals surface area contributed by atoms with Crippen molar-refractivity contribution in [2.24, 2.45) is 0 Å². The van der Waals surface area contributed by atoms with Crippen LogP contribution in [-0.2, 0) is 0 Å². The number of benzene rings is 4. The molecular formula is C29H16N4O3. The SMILES string of the molecule is N#Cc1ccc(Oc2cccc(C(O)c3cccc(Oc4ccc(C#N)c(C#N)c4)c3)c2)cc1C#N. The fraction of sp³-hybridized carbons (Fsp3) is 0.0345. The minimum Gasteiger partial charge on any atom is -0.457 e. The first-order valence-electron chi connectivity index (χ1n) is 10.7. The monoisotopic (exact) mass is 468 g/mol. The van der Waals surface area contributed by atoms with Crippen LogP contribution in [0.15, 0.2) is 84.9 Å². The van der Waals surface area contributed by atoms with Crippen molar-refractivity contribution in [2.45, 2.75) is 6.10 Å². The van der Waals surface area contributed by atoms with Gasteiger partial charge >= 0.3 is 0 Å². The Morgan fingerprint density at radius 3 is 1.28 bits per heavy atom. The van der Waals surface area contributed by atoms with E-state index < -0.39 is 6.10 Å². The molecule has 0 aliphatic heterocycles. The smallest absolute Gasteiger partial charge is 0.128 e. The normalized spacial score (nSPS) is 9.94. The average molecular weight is 468 g/mol. The third-order valence-electron chi connectivity index (χ3n) is 5.28. The lowest BCUT2D eigenvalue weighted by Gasteiger charge is -2.15. The molecule has 0 bridgehead atoms. The lowest BCUT2D eigenvalue weighted by Crippen LogP contribution is -2.00. The summed E-state index contributed by atoms with van der Waals surface area (Å²) < 4.78 is 11.7. The van der Waals surface area contributed by atoms with Crippen LogP contribution in [0.25, 0.3) is 0 Å². The summed E-state index contributed by atoms with van der Waals surface area (Å²) >= 11 is 0. The van der Waals surface area contributed by atoms with E-state index >= 15 is 0 Å². The molecule has 7 heteroatoms. The number of aliphatic hydroxyl groups excluding tert-OH is 1.